The second-order valence-electron chi connectivity index (χ2n) is 12.9. The lowest BCUT2D eigenvalue weighted by atomic mass is 9.63. The second kappa shape index (κ2) is 12.0. The van der Waals surface area contributed by atoms with E-state index in [0.29, 0.717) is 40.2 Å². The van der Waals surface area contributed by atoms with Gasteiger partial charge in [0, 0.05) is 41.4 Å². The number of ether oxygens (including phenoxy) is 2. The largest absolute Gasteiger partial charge is 0.465 e. The monoisotopic (exact) mass is 585 g/mol. The summed E-state index contributed by atoms with van der Waals surface area (Å²) in [5.41, 5.74) is 4.08. The van der Waals surface area contributed by atoms with E-state index in [1.165, 1.54) is 38.4 Å². The molecule has 1 saturated carbocycles. The second-order valence-corrected chi connectivity index (χ2v) is 13.3. The topological polar surface area (TPSA) is 67.4 Å². The molecule has 0 spiro atoms. The minimum atomic E-state index is -0.420. The van der Waals surface area contributed by atoms with E-state index in [1.807, 2.05) is 48.7 Å². The Morgan fingerprint density at radius 3 is 2.62 bits per heavy atom. The molecular formula is C35H40ClN3O3. The molecule has 2 fully saturated rings. The molecule has 2 atom stereocenters. The van der Waals surface area contributed by atoms with Crippen LogP contribution in [0.25, 0.3) is 11.0 Å². The van der Waals surface area contributed by atoms with Crippen LogP contribution in [0.2, 0.25) is 5.02 Å². The van der Waals surface area contributed by atoms with Gasteiger partial charge in [-0.05, 0) is 104 Å². The first-order valence-electron chi connectivity index (χ1n) is 15.1. The van der Waals surface area contributed by atoms with Gasteiger partial charge in [0.25, 0.3) is 0 Å². The third kappa shape index (κ3) is 6.29. The Labute approximate surface area is 253 Å². The maximum Gasteiger partial charge on any atom is 0.341 e. The molecule has 2 aromatic heterocycles. The average Bonchev–Trinajstić information content (AvgIpc) is 3.46. The van der Waals surface area contributed by atoms with E-state index in [4.69, 9.17) is 21.1 Å². The van der Waals surface area contributed by atoms with Crippen LogP contribution < -0.4 is 9.64 Å². The molecule has 6 rings (SSSR count). The van der Waals surface area contributed by atoms with E-state index >= 15 is 0 Å². The summed E-state index contributed by atoms with van der Waals surface area (Å²) in [5, 5.41) is 1.76. The van der Waals surface area contributed by atoms with Gasteiger partial charge in [-0.25, -0.2) is 9.78 Å². The van der Waals surface area contributed by atoms with Crippen LogP contribution >= 0.6 is 11.6 Å². The maximum atomic E-state index is 12.6. The third-order valence-electron chi connectivity index (χ3n) is 9.42. The van der Waals surface area contributed by atoms with Crippen molar-refractivity contribution in [2.45, 2.75) is 58.3 Å². The number of methoxy groups -OCH3 is 1. The van der Waals surface area contributed by atoms with Crippen LogP contribution in [-0.4, -0.2) is 36.1 Å². The molecule has 4 aromatic rings. The van der Waals surface area contributed by atoms with Gasteiger partial charge in [-0.15, -0.1) is 0 Å². The van der Waals surface area contributed by atoms with Crippen molar-refractivity contribution in [3.8, 4) is 11.5 Å². The van der Waals surface area contributed by atoms with Crippen molar-refractivity contribution in [3.63, 3.8) is 0 Å². The molecule has 0 bridgehead atoms. The van der Waals surface area contributed by atoms with Crippen molar-refractivity contribution in [1.29, 1.82) is 0 Å². The zero-order valence-corrected chi connectivity index (χ0v) is 25.5. The summed E-state index contributed by atoms with van der Waals surface area (Å²) in [7, 11) is 1.39. The molecule has 2 aromatic carbocycles. The normalized spacial score (nSPS) is 20.9. The molecule has 1 saturated heterocycles. The number of halogens is 1. The van der Waals surface area contributed by atoms with E-state index in [2.05, 4.69) is 40.8 Å². The standard InChI is InChI=1S/C35H40ClN3O3/c1-35(2)14-10-25(31(21-35)24-4-6-27(36)7-5-24)18-23-12-16-39(17-13-23)28-8-9-30(34(40)41-3)32(20-28)42-29-19-26-11-15-37-33(26)38-22-29/h4-9,11,15,19-20,22-23,25,31H,10,12-14,16-18,21H2,1-3H3,(H,37,38)/t25-,31-/m0/s1. The lowest BCUT2D eigenvalue weighted by molar-refractivity contribution is 0.0598. The number of aromatic nitrogens is 2. The Kier molecular flexibility index (Phi) is 8.17. The maximum absolute atomic E-state index is 12.6. The van der Waals surface area contributed by atoms with E-state index in [9.17, 15) is 4.79 Å². The Hall–Kier alpha value is -3.51. The highest BCUT2D eigenvalue weighted by molar-refractivity contribution is 6.30. The number of anilines is 1. The molecular weight excluding hydrogens is 546 g/mol. The zero-order chi connectivity index (χ0) is 29.3. The number of benzene rings is 2. The van der Waals surface area contributed by atoms with Crippen LogP contribution in [0.3, 0.4) is 0 Å². The molecule has 1 aliphatic heterocycles. The summed E-state index contributed by atoms with van der Waals surface area (Å²) in [6.07, 6.45) is 10.9. The SMILES string of the molecule is COC(=O)c1ccc(N2CCC(C[C@@H]3CCC(C)(C)C[C@H]3c3ccc(Cl)cc3)CC2)cc1Oc1cnc2[nH]ccc2c1. The molecule has 6 nitrogen and oxygen atoms in total. The van der Waals surface area contributed by atoms with Gasteiger partial charge in [0.15, 0.2) is 0 Å². The zero-order valence-electron chi connectivity index (χ0n) is 24.7. The van der Waals surface area contributed by atoms with Crippen LogP contribution in [0.5, 0.6) is 11.5 Å². The van der Waals surface area contributed by atoms with Crippen LogP contribution in [0.4, 0.5) is 5.69 Å². The average molecular weight is 586 g/mol. The Morgan fingerprint density at radius 2 is 1.86 bits per heavy atom. The summed E-state index contributed by atoms with van der Waals surface area (Å²) in [4.78, 5) is 22.5. The molecule has 0 unspecified atom stereocenters. The first-order chi connectivity index (χ1) is 20.3. The minimum Gasteiger partial charge on any atom is -0.465 e. The summed E-state index contributed by atoms with van der Waals surface area (Å²) < 4.78 is 11.3. The lowest BCUT2D eigenvalue weighted by Crippen LogP contribution is -2.36. The first kappa shape index (κ1) is 28.6. The molecule has 0 radical (unpaired) electrons. The van der Waals surface area contributed by atoms with Crippen LogP contribution in [0.15, 0.2) is 67.0 Å². The predicted molar refractivity (Wildman–Crippen MR) is 169 cm³/mol. The number of H-pyrrole nitrogens is 1. The number of rotatable bonds is 7. The minimum absolute atomic E-state index is 0.379. The van der Waals surface area contributed by atoms with Gasteiger partial charge in [0.2, 0.25) is 0 Å². The first-order valence-corrected chi connectivity index (χ1v) is 15.5. The van der Waals surface area contributed by atoms with Crippen molar-refractivity contribution in [3.05, 3.63) is 83.1 Å². The number of carbonyl (C=O) groups excluding carboxylic acids is 1. The highest BCUT2D eigenvalue weighted by Gasteiger charge is 2.37. The highest BCUT2D eigenvalue weighted by Crippen LogP contribution is 2.49. The number of fused-ring (bicyclic) bond motifs is 1. The quantitative estimate of drug-likeness (QED) is 0.219. The number of aromatic amines is 1. The Morgan fingerprint density at radius 1 is 1.07 bits per heavy atom. The molecule has 3 heterocycles. The van der Waals surface area contributed by atoms with Gasteiger partial charge in [-0.2, -0.15) is 0 Å². The molecule has 220 valence electrons. The molecule has 0 amide bonds. The van der Waals surface area contributed by atoms with Gasteiger partial charge in [0.1, 0.15) is 22.7 Å². The predicted octanol–water partition coefficient (Wildman–Crippen LogP) is 9.01. The lowest BCUT2D eigenvalue weighted by Gasteiger charge is -2.43. The fraction of sp³-hybridized carbons (Fsp3) is 0.429. The fourth-order valence-corrected chi connectivity index (χ4v) is 7.18. The van der Waals surface area contributed by atoms with Gasteiger partial charge in [-0.1, -0.05) is 37.6 Å². The number of piperidine rings is 1. The molecule has 1 N–H and O–H groups in total. The molecule has 7 heteroatoms. The van der Waals surface area contributed by atoms with Crippen LogP contribution in [-0.2, 0) is 4.74 Å². The van der Waals surface area contributed by atoms with E-state index in [1.54, 1.807) is 6.20 Å². The van der Waals surface area contributed by atoms with Crippen molar-refractivity contribution in [2.75, 3.05) is 25.1 Å². The summed E-state index contributed by atoms with van der Waals surface area (Å²) in [6, 6.07) is 18.2. The fourth-order valence-electron chi connectivity index (χ4n) is 7.05. The van der Waals surface area contributed by atoms with Crippen LogP contribution in [0.1, 0.15) is 74.2 Å². The number of nitrogens with one attached hydrogen (secondary N) is 1. The summed E-state index contributed by atoms with van der Waals surface area (Å²) >= 11 is 6.22. The van der Waals surface area contributed by atoms with Crippen molar-refractivity contribution in [1.82, 2.24) is 9.97 Å². The Bertz CT molecular complexity index is 1540. The molecule has 42 heavy (non-hydrogen) atoms. The van der Waals surface area contributed by atoms with Crippen molar-refractivity contribution >= 4 is 34.3 Å². The number of nitrogens with zero attached hydrogens (tertiary/aromatic N) is 2. The smallest absolute Gasteiger partial charge is 0.341 e. The number of carbonyl (C=O) groups is 1. The third-order valence-corrected chi connectivity index (χ3v) is 9.67. The van der Waals surface area contributed by atoms with Crippen LogP contribution in [0, 0.1) is 17.3 Å². The van der Waals surface area contributed by atoms with Gasteiger partial charge in [0.05, 0.1) is 13.3 Å². The number of hydrogen-bond acceptors (Lipinski definition) is 5. The summed E-state index contributed by atoms with van der Waals surface area (Å²) in [6.45, 7) is 6.82. The van der Waals surface area contributed by atoms with Gasteiger partial charge >= 0.3 is 5.97 Å². The summed E-state index contributed by atoms with van der Waals surface area (Å²) in [5.74, 6) is 2.65. The van der Waals surface area contributed by atoms with E-state index < -0.39 is 5.97 Å². The van der Waals surface area contributed by atoms with Gasteiger partial charge in [-0.3, -0.25) is 0 Å². The molecule has 1 aliphatic carbocycles. The number of esters is 1. The number of hydrogen-bond donors (Lipinski definition) is 1. The van der Waals surface area contributed by atoms with E-state index in [-0.39, 0.29) is 0 Å². The van der Waals surface area contributed by atoms with E-state index in [0.717, 1.165) is 47.7 Å². The number of pyridine rings is 1. The van der Waals surface area contributed by atoms with Gasteiger partial charge < -0.3 is 19.4 Å². The highest BCUT2D eigenvalue weighted by atomic mass is 35.5. The van der Waals surface area contributed by atoms with Crippen molar-refractivity contribution < 1.29 is 14.3 Å². The molecule has 2 aliphatic rings. The van der Waals surface area contributed by atoms with Crippen molar-refractivity contribution in [2.24, 2.45) is 17.3 Å². The Balaban J connectivity index is 1.14.